The van der Waals surface area contributed by atoms with Crippen molar-refractivity contribution in [3.8, 4) is 22.8 Å². The number of hydrogen-bond donors (Lipinski definition) is 5. The van der Waals surface area contributed by atoms with Gasteiger partial charge in [-0.15, -0.1) is 22.7 Å². The maximum atomic E-state index is 13.6. The average Bonchev–Trinajstić information content (AvgIpc) is 1.32. The second-order valence-corrected chi connectivity index (χ2v) is 34.4. The molecule has 4 heterocycles. The van der Waals surface area contributed by atoms with Crippen LogP contribution in [0.1, 0.15) is 257 Å². The van der Waals surface area contributed by atoms with Crippen LogP contribution >= 0.6 is 22.7 Å². The summed E-state index contributed by atoms with van der Waals surface area (Å²) in [5.74, 6) is 3.14. The molecular weight excluding hydrogens is 1310 g/mol. The number of carboxylic acids is 1. The molecule has 2 saturated carbocycles. The number of rotatable bonds is 24. The van der Waals surface area contributed by atoms with Crippen molar-refractivity contribution in [1.82, 2.24) is 41.2 Å². The summed E-state index contributed by atoms with van der Waals surface area (Å²) in [6.07, 6.45) is 36.6. The second kappa shape index (κ2) is 35.7. The standard InChI is InChI=1S/C44H60N4O4S.C40H52N4O4S/c1-9-10-29-11-15-31(16-12-29)32-19-21-33(22-20-32)35-26-45-39(46-27-35)34-17-13-30(14-18-34)25-36(40(49)47-28(2)42(51)52-44(6,7)8)48-41(50)37-23-24-38(53-37)43(3,4)5;1-6-7-26-8-12-28(13-9-26)29-16-18-30(19-17-29)32-23-41-36(42-24-32)31-14-10-27(11-15-31)22-33(37(45)43-25(2)39(47)48)44-38(46)34-20-21-35(49-34)40(3,4)5/h13-14,17-18,21,23-24,26-29,31-32,36H,9-12,15-16,19-20,22,25H2,1-8H3,(H,47,49)(H,48,50);10-11,14-15,18,20-21,23-26,28-29,33H,6-9,12-13,16-17,19,22H2,1-5H3,(H,43,45)(H,44,46)(H,47,48)/t28-,29?,31?,32?,36+;25-,26?,28?,29?,33+/m11/s1. The predicted molar refractivity (Wildman–Crippen MR) is 411 cm³/mol. The van der Waals surface area contributed by atoms with E-state index in [2.05, 4.69) is 88.8 Å². The van der Waals surface area contributed by atoms with E-state index in [0.29, 0.717) is 21.4 Å². The largest absolute Gasteiger partial charge is 0.480 e. The molecule has 4 aliphatic rings. The van der Waals surface area contributed by atoms with Gasteiger partial charge in [0.05, 0.1) is 9.75 Å². The highest BCUT2D eigenvalue weighted by Crippen LogP contribution is 2.44. The summed E-state index contributed by atoms with van der Waals surface area (Å²) in [7, 11) is 0. The van der Waals surface area contributed by atoms with Crippen LogP contribution in [0, 0.1) is 35.5 Å². The van der Waals surface area contributed by atoms with Crippen molar-refractivity contribution in [2.45, 2.75) is 259 Å². The second-order valence-electron chi connectivity index (χ2n) is 32.3. The zero-order valence-corrected chi connectivity index (χ0v) is 64.4. The summed E-state index contributed by atoms with van der Waals surface area (Å²) in [6.45, 7) is 25.5. The Kier molecular flexibility index (Phi) is 27.4. The van der Waals surface area contributed by atoms with Gasteiger partial charge in [-0.2, -0.15) is 0 Å². The number of aliphatic carboxylic acids is 1. The monoisotopic (exact) mass is 1420 g/mol. The van der Waals surface area contributed by atoms with Crippen molar-refractivity contribution in [3.05, 3.63) is 151 Å². The van der Waals surface area contributed by atoms with Crippen LogP contribution in [0.3, 0.4) is 0 Å². The number of amides is 4. The molecule has 0 radical (unpaired) electrons. The smallest absolute Gasteiger partial charge is 0.328 e. The predicted octanol–water partition coefficient (Wildman–Crippen LogP) is 17.7. The molecule has 16 nitrogen and oxygen atoms in total. The molecule has 2 aromatic carbocycles. The molecule has 0 spiro atoms. The van der Waals surface area contributed by atoms with E-state index in [-0.39, 0.29) is 35.5 Å². The number of nitrogens with zero attached hydrogens (tertiary/aromatic N) is 4. The van der Waals surface area contributed by atoms with Gasteiger partial charge in [-0.05, 0) is 192 Å². The Bertz CT molecular complexity index is 3840. The number of benzene rings is 2. The lowest BCUT2D eigenvalue weighted by atomic mass is 9.70. The topological polar surface area (TPSA) is 232 Å². The molecule has 0 aliphatic heterocycles. The summed E-state index contributed by atoms with van der Waals surface area (Å²) >= 11 is 2.80. The summed E-state index contributed by atoms with van der Waals surface area (Å²) in [5, 5.41) is 20.4. The molecular formula is C84H112N8O8S2. The molecule has 2 fully saturated rings. The fourth-order valence-electron chi connectivity index (χ4n) is 14.9. The summed E-state index contributed by atoms with van der Waals surface area (Å²) in [5.41, 5.74) is 7.37. The van der Waals surface area contributed by atoms with Crippen LogP contribution in [0.2, 0.25) is 0 Å². The molecule has 4 aromatic heterocycles. The Labute approximate surface area is 614 Å². The third kappa shape index (κ3) is 22.4. The number of carbonyl (C=O) groups is 6. The zero-order chi connectivity index (χ0) is 73.5. The SMILES string of the molecule is CCCC1CCC(C2CC=C(c3cnc(-c4ccc(C[C@H](NC(=O)c5ccc(C(C)(C)C)s5)C(=O)N[C@H](C)C(=O)O)cc4)nc3)CC2)CC1.CCCC1CCC(C2CC=C(c3cnc(-c4ccc(C[C@H](NC(=O)c5ccc(C(C)(C)C)s5)C(=O)N[C@H](C)C(=O)OC(C)(C)C)cc4)nc3)CC2)CC1. The Hall–Kier alpha value is -7.70. The lowest BCUT2D eigenvalue weighted by Gasteiger charge is -2.35. The van der Waals surface area contributed by atoms with Crippen molar-refractivity contribution in [2.75, 3.05) is 0 Å². The fraction of sp³-hybridized carbons (Fsp3) is 0.548. The minimum absolute atomic E-state index is 0.0992. The normalized spacial score (nSPS) is 20.7. The van der Waals surface area contributed by atoms with Gasteiger partial charge in [-0.1, -0.05) is 167 Å². The number of hydrogen-bond acceptors (Lipinski definition) is 13. The molecule has 4 aliphatic carbocycles. The van der Waals surface area contributed by atoms with Crippen LogP contribution < -0.4 is 21.3 Å². The Morgan fingerprint density at radius 1 is 0.480 bits per heavy atom. The number of allylic oxidation sites excluding steroid dienone is 4. The molecule has 548 valence electrons. The van der Waals surface area contributed by atoms with Crippen molar-refractivity contribution in [3.63, 3.8) is 0 Å². The molecule has 10 rings (SSSR count). The first-order valence-electron chi connectivity index (χ1n) is 37.6. The van der Waals surface area contributed by atoms with E-state index in [9.17, 15) is 33.9 Å². The van der Waals surface area contributed by atoms with E-state index in [0.717, 1.165) is 104 Å². The minimum atomic E-state index is -1.15. The lowest BCUT2D eigenvalue weighted by Crippen LogP contribution is -2.52. The molecule has 0 bridgehead atoms. The van der Waals surface area contributed by atoms with Crippen LogP contribution in [-0.4, -0.2) is 90.4 Å². The van der Waals surface area contributed by atoms with E-state index in [1.54, 1.807) is 39.8 Å². The van der Waals surface area contributed by atoms with Crippen molar-refractivity contribution >= 4 is 69.4 Å². The van der Waals surface area contributed by atoms with Crippen molar-refractivity contribution in [2.24, 2.45) is 35.5 Å². The number of thiophene rings is 2. The highest BCUT2D eigenvalue weighted by molar-refractivity contribution is 7.14. The van der Waals surface area contributed by atoms with Crippen LogP contribution in [0.25, 0.3) is 33.9 Å². The van der Waals surface area contributed by atoms with Gasteiger partial charge in [0, 0.05) is 69.6 Å². The number of ether oxygens (including phenoxy) is 1. The molecule has 2 unspecified atom stereocenters. The highest BCUT2D eigenvalue weighted by Gasteiger charge is 2.34. The maximum Gasteiger partial charge on any atom is 0.328 e. The maximum absolute atomic E-state index is 13.6. The zero-order valence-electron chi connectivity index (χ0n) is 62.7. The Balaban J connectivity index is 0.000000238. The molecule has 0 saturated heterocycles. The van der Waals surface area contributed by atoms with Gasteiger partial charge in [-0.25, -0.2) is 24.7 Å². The Morgan fingerprint density at radius 3 is 1.17 bits per heavy atom. The molecule has 4 amide bonds. The summed E-state index contributed by atoms with van der Waals surface area (Å²) in [4.78, 5) is 99.4. The summed E-state index contributed by atoms with van der Waals surface area (Å²) in [6, 6.07) is 18.9. The summed E-state index contributed by atoms with van der Waals surface area (Å²) < 4.78 is 5.46. The van der Waals surface area contributed by atoms with E-state index < -0.39 is 53.5 Å². The molecule has 6 aromatic rings. The van der Waals surface area contributed by atoms with E-state index in [1.807, 2.05) is 85.5 Å². The Morgan fingerprint density at radius 2 is 0.853 bits per heavy atom. The van der Waals surface area contributed by atoms with Gasteiger partial charge in [0.15, 0.2) is 11.6 Å². The van der Waals surface area contributed by atoms with Gasteiger partial charge < -0.3 is 31.1 Å². The van der Waals surface area contributed by atoms with Crippen molar-refractivity contribution < 1.29 is 38.6 Å². The average molecular weight is 1430 g/mol. The molecule has 102 heavy (non-hydrogen) atoms. The number of carbonyl (C=O) groups excluding carboxylic acids is 5. The molecule has 6 atom stereocenters. The van der Waals surface area contributed by atoms with E-state index >= 15 is 0 Å². The number of esters is 1. The van der Waals surface area contributed by atoms with Crippen LogP contribution in [-0.2, 0) is 47.6 Å². The third-order valence-electron chi connectivity index (χ3n) is 21.0. The van der Waals surface area contributed by atoms with Gasteiger partial charge in [0.2, 0.25) is 11.8 Å². The van der Waals surface area contributed by atoms with Gasteiger partial charge in [-0.3, -0.25) is 24.0 Å². The first kappa shape index (κ1) is 78.4. The van der Waals surface area contributed by atoms with Gasteiger partial charge in [0.25, 0.3) is 11.8 Å². The first-order valence-corrected chi connectivity index (χ1v) is 39.2. The van der Waals surface area contributed by atoms with Crippen LogP contribution in [0.4, 0.5) is 0 Å². The fourth-order valence-corrected chi connectivity index (χ4v) is 16.8. The van der Waals surface area contributed by atoms with Crippen molar-refractivity contribution in [1.29, 1.82) is 0 Å². The lowest BCUT2D eigenvalue weighted by molar-refractivity contribution is -0.158. The third-order valence-corrected chi connectivity index (χ3v) is 24.0. The van der Waals surface area contributed by atoms with Gasteiger partial charge in [0.1, 0.15) is 29.8 Å². The van der Waals surface area contributed by atoms with Crippen LogP contribution in [0.15, 0.2) is 110 Å². The molecule has 18 heteroatoms. The minimum Gasteiger partial charge on any atom is -0.480 e. The van der Waals surface area contributed by atoms with Gasteiger partial charge >= 0.3 is 11.9 Å². The van der Waals surface area contributed by atoms with E-state index in [4.69, 9.17) is 24.7 Å². The van der Waals surface area contributed by atoms with Crippen LogP contribution in [0.5, 0.6) is 0 Å². The number of aromatic nitrogens is 4. The molecule has 5 N–H and O–H groups in total. The quantitative estimate of drug-likeness (QED) is 0.0356. The number of carboxylic acid groups (broad SMARTS) is 1. The first-order chi connectivity index (χ1) is 48.5. The highest BCUT2D eigenvalue weighted by atomic mass is 32.1. The van der Waals surface area contributed by atoms with E-state index in [1.165, 1.54) is 131 Å². The number of nitrogens with one attached hydrogen (secondary N) is 4.